The molecule has 2 aromatic carbocycles. The molecule has 3 heterocycles. The molecule has 37 heavy (non-hydrogen) atoms. The van der Waals surface area contributed by atoms with Gasteiger partial charge >= 0.3 is 6.18 Å². The molecule has 0 saturated heterocycles. The Morgan fingerprint density at radius 2 is 1.65 bits per heavy atom. The fraction of sp³-hybridized carbons (Fsp3) is 0.0741. The zero-order valence-corrected chi connectivity index (χ0v) is 19.2. The third-order valence-electron chi connectivity index (χ3n) is 5.64. The maximum absolute atomic E-state index is 13.0. The van der Waals surface area contributed by atoms with Crippen LogP contribution >= 0.6 is 0 Å². The van der Waals surface area contributed by atoms with E-state index >= 15 is 0 Å². The SMILES string of the molecule is Nc1nc(-c2ccccc2)c(-c2ccc3ncccc3c2)nc1C(=O)NCc1ccc(C(F)(F)F)cn1. The van der Waals surface area contributed by atoms with E-state index in [0.29, 0.717) is 17.0 Å². The van der Waals surface area contributed by atoms with Crippen molar-refractivity contribution in [3.05, 3.63) is 102 Å². The molecule has 5 aromatic rings. The van der Waals surface area contributed by atoms with Crippen LogP contribution in [0.1, 0.15) is 21.7 Å². The van der Waals surface area contributed by atoms with Gasteiger partial charge in [-0.1, -0.05) is 42.5 Å². The van der Waals surface area contributed by atoms with Gasteiger partial charge < -0.3 is 11.1 Å². The van der Waals surface area contributed by atoms with Crippen LogP contribution in [0.5, 0.6) is 0 Å². The summed E-state index contributed by atoms with van der Waals surface area (Å²) in [7, 11) is 0. The van der Waals surface area contributed by atoms with Gasteiger partial charge in [-0.3, -0.25) is 14.8 Å². The second-order valence-corrected chi connectivity index (χ2v) is 8.15. The molecule has 1 amide bonds. The number of hydrogen-bond donors (Lipinski definition) is 2. The lowest BCUT2D eigenvalue weighted by atomic mass is 10.0. The van der Waals surface area contributed by atoms with Gasteiger partial charge in [0.1, 0.15) is 0 Å². The number of nitrogens with zero attached hydrogens (tertiary/aromatic N) is 4. The van der Waals surface area contributed by atoms with Crippen molar-refractivity contribution >= 4 is 22.6 Å². The van der Waals surface area contributed by atoms with E-state index in [1.807, 2.05) is 60.7 Å². The van der Waals surface area contributed by atoms with Gasteiger partial charge in [0.25, 0.3) is 5.91 Å². The Labute approximate surface area is 209 Å². The number of amides is 1. The average molecular weight is 500 g/mol. The molecule has 3 N–H and O–H groups in total. The number of pyridine rings is 2. The van der Waals surface area contributed by atoms with Gasteiger partial charge in [0, 0.05) is 28.9 Å². The maximum atomic E-state index is 13.0. The minimum absolute atomic E-state index is 0.0806. The molecule has 184 valence electrons. The number of hydrogen-bond acceptors (Lipinski definition) is 6. The Bertz CT molecular complexity index is 1590. The molecule has 0 spiro atoms. The van der Waals surface area contributed by atoms with Crippen LogP contribution in [0.2, 0.25) is 0 Å². The lowest BCUT2D eigenvalue weighted by Crippen LogP contribution is -2.26. The van der Waals surface area contributed by atoms with Gasteiger partial charge in [-0.05, 0) is 30.3 Å². The van der Waals surface area contributed by atoms with E-state index in [4.69, 9.17) is 5.73 Å². The summed E-state index contributed by atoms with van der Waals surface area (Å²) in [4.78, 5) is 30.2. The molecule has 0 aliphatic heterocycles. The fourth-order valence-electron chi connectivity index (χ4n) is 3.79. The predicted molar refractivity (Wildman–Crippen MR) is 133 cm³/mol. The van der Waals surface area contributed by atoms with Crippen LogP contribution in [0.15, 0.2) is 85.2 Å². The minimum atomic E-state index is -4.49. The third kappa shape index (κ3) is 5.08. The number of alkyl halides is 3. The number of halogens is 3. The summed E-state index contributed by atoms with van der Waals surface area (Å²) in [6, 6.07) is 20.8. The Balaban J connectivity index is 1.50. The van der Waals surface area contributed by atoms with Crippen LogP contribution in [0.25, 0.3) is 33.4 Å². The highest BCUT2D eigenvalue weighted by molar-refractivity contribution is 5.98. The summed E-state index contributed by atoms with van der Waals surface area (Å²) in [6.07, 6.45) is -2.07. The van der Waals surface area contributed by atoms with Crippen molar-refractivity contribution < 1.29 is 18.0 Å². The normalized spacial score (nSPS) is 11.4. The van der Waals surface area contributed by atoms with Crippen molar-refractivity contribution in [1.82, 2.24) is 25.3 Å². The first-order valence-electron chi connectivity index (χ1n) is 11.2. The molecule has 10 heteroatoms. The molecular formula is C27H19F3N6O. The standard InChI is InChI=1S/C27H19F3N6O/c28-27(29,30)19-9-10-20(33-14-19)15-34-26(37)24-25(31)36-22(16-5-2-1-3-6-16)23(35-24)18-8-11-21-17(13-18)7-4-12-32-21/h1-14H,15H2,(H2,31,36)(H,34,37). The maximum Gasteiger partial charge on any atom is 0.417 e. The van der Waals surface area contributed by atoms with E-state index in [-0.39, 0.29) is 23.8 Å². The molecule has 0 unspecified atom stereocenters. The quantitative estimate of drug-likeness (QED) is 0.340. The highest BCUT2D eigenvalue weighted by Crippen LogP contribution is 2.32. The summed E-state index contributed by atoms with van der Waals surface area (Å²) in [5, 5.41) is 3.49. The molecule has 0 radical (unpaired) electrons. The molecule has 0 atom stereocenters. The number of anilines is 1. The highest BCUT2D eigenvalue weighted by Gasteiger charge is 2.30. The van der Waals surface area contributed by atoms with E-state index in [0.717, 1.165) is 28.7 Å². The average Bonchev–Trinajstić information content (AvgIpc) is 2.91. The van der Waals surface area contributed by atoms with Crippen LogP contribution in [0, 0.1) is 0 Å². The Morgan fingerprint density at radius 1 is 0.865 bits per heavy atom. The monoisotopic (exact) mass is 500 g/mol. The number of nitrogens with two attached hydrogens (primary N) is 1. The number of benzene rings is 2. The molecule has 0 aliphatic carbocycles. The molecule has 3 aromatic heterocycles. The molecule has 0 bridgehead atoms. The number of carbonyl (C=O) groups excluding carboxylic acids is 1. The lowest BCUT2D eigenvalue weighted by Gasteiger charge is -2.14. The van der Waals surface area contributed by atoms with E-state index in [9.17, 15) is 18.0 Å². The van der Waals surface area contributed by atoms with Gasteiger partial charge in [0.05, 0.1) is 34.7 Å². The zero-order valence-electron chi connectivity index (χ0n) is 19.2. The lowest BCUT2D eigenvalue weighted by molar-refractivity contribution is -0.137. The second-order valence-electron chi connectivity index (χ2n) is 8.15. The molecule has 0 saturated carbocycles. The number of nitrogens with one attached hydrogen (secondary N) is 1. The number of aromatic nitrogens is 4. The molecular weight excluding hydrogens is 481 g/mol. The van der Waals surface area contributed by atoms with Crippen molar-refractivity contribution in [2.45, 2.75) is 12.7 Å². The minimum Gasteiger partial charge on any atom is -0.382 e. The zero-order chi connectivity index (χ0) is 26.0. The van der Waals surface area contributed by atoms with Crippen molar-refractivity contribution in [3.63, 3.8) is 0 Å². The van der Waals surface area contributed by atoms with Gasteiger partial charge in [-0.25, -0.2) is 9.97 Å². The van der Waals surface area contributed by atoms with Crippen LogP contribution in [0.3, 0.4) is 0 Å². The molecule has 7 nitrogen and oxygen atoms in total. The first kappa shape index (κ1) is 23.9. The molecule has 5 rings (SSSR count). The van der Waals surface area contributed by atoms with Gasteiger partial charge in [-0.2, -0.15) is 13.2 Å². The Hall–Kier alpha value is -4.86. The van der Waals surface area contributed by atoms with E-state index in [1.165, 1.54) is 6.07 Å². The Morgan fingerprint density at radius 3 is 2.38 bits per heavy atom. The fourth-order valence-corrected chi connectivity index (χ4v) is 3.79. The molecule has 0 fully saturated rings. The summed E-state index contributed by atoms with van der Waals surface area (Å²) >= 11 is 0. The van der Waals surface area contributed by atoms with E-state index < -0.39 is 17.6 Å². The van der Waals surface area contributed by atoms with Gasteiger partial charge in [-0.15, -0.1) is 0 Å². The predicted octanol–water partition coefficient (Wildman–Crippen LogP) is 5.28. The number of rotatable bonds is 5. The largest absolute Gasteiger partial charge is 0.417 e. The molecule has 0 aliphatic rings. The van der Waals surface area contributed by atoms with Gasteiger partial charge in [0.2, 0.25) is 0 Å². The van der Waals surface area contributed by atoms with Crippen molar-refractivity contribution in [3.8, 4) is 22.5 Å². The summed E-state index contributed by atoms with van der Waals surface area (Å²) in [5.74, 6) is -0.710. The van der Waals surface area contributed by atoms with E-state index in [1.54, 1.807) is 6.20 Å². The van der Waals surface area contributed by atoms with E-state index in [2.05, 4.69) is 25.3 Å². The third-order valence-corrected chi connectivity index (χ3v) is 5.64. The van der Waals surface area contributed by atoms with Crippen LogP contribution in [-0.4, -0.2) is 25.8 Å². The summed E-state index contributed by atoms with van der Waals surface area (Å²) in [6.45, 7) is -0.116. The summed E-state index contributed by atoms with van der Waals surface area (Å²) < 4.78 is 38.3. The van der Waals surface area contributed by atoms with Crippen LogP contribution < -0.4 is 11.1 Å². The highest BCUT2D eigenvalue weighted by atomic mass is 19.4. The first-order valence-corrected chi connectivity index (χ1v) is 11.2. The van der Waals surface area contributed by atoms with Crippen molar-refractivity contribution in [1.29, 1.82) is 0 Å². The van der Waals surface area contributed by atoms with Crippen LogP contribution in [-0.2, 0) is 12.7 Å². The first-order chi connectivity index (χ1) is 17.8. The topological polar surface area (TPSA) is 107 Å². The second kappa shape index (κ2) is 9.65. The number of carbonyl (C=O) groups is 1. The summed E-state index contributed by atoms with van der Waals surface area (Å²) in [5.41, 5.74) is 8.65. The van der Waals surface area contributed by atoms with Crippen molar-refractivity contribution in [2.75, 3.05) is 5.73 Å². The van der Waals surface area contributed by atoms with Crippen LogP contribution in [0.4, 0.5) is 19.0 Å². The van der Waals surface area contributed by atoms with Gasteiger partial charge in [0.15, 0.2) is 11.5 Å². The smallest absolute Gasteiger partial charge is 0.382 e. The van der Waals surface area contributed by atoms with Crippen molar-refractivity contribution in [2.24, 2.45) is 0 Å². The Kier molecular flexibility index (Phi) is 6.22. The number of fused-ring (bicyclic) bond motifs is 1. The number of nitrogen functional groups attached to an aromatic ring is 1.